The van der Waals surface area contributed by atoms with Gasteiger partial charge in [-0.15, -0.1) is 0 Å². The third-order valence-electron chi connectivity index (χ3n) is 2.93. The summed E-state index contributed by atoms with van der Waals surface area (Å²) in [4.78, 5) is 19.7. The SMILES string of the molecule is CC1CCCNC1C(=O)Nc1ccnc(Cl)n1. The lowest BCUT2D eigenvalue weighted by molar-refractivity contribution is -0.119. The lowest BCUT2D eigenvalue weighted by Crippen LogP contribution is -2.48. The lowest BCUT2D eigenvalue weighted by atomic mass is 9.92. The van der Waals surface area contributed by atoms with Crippen LogP contribution in [-0.2, 0) is 4.79 Å². The Hall–Kier alpha value is -1.20. The number of aromatic nitrogens is 2. The van der Waals surface area contributed by atoms with E-state index in [-0.39, 0.29) is 17.2 Å². The number of hydrogen-bond acceptors (Lipinski definition) is 4. The van der Waals surface area contributed by atoms with E-state index in [1.54, 1.807) is 6.07 Å². The molecule has 1 saturated heterocycles. The molecule has 0 radical (unpaired) electrons. The maximum Gasteiger partial charge on any atom is 0.242 e. The topological polar surface area (TPSA) is 66.9 Å². The van der Waals surface area contributed by atoms with Crippen molar-refractivity contribution in [2.75, 3.05) is 11.9 Å². The van der Waals surface area contributed by atoms with E-state index < -0.39 is 0 Å². The quantitative estimate of drug-likeness (QED) is 0.784. The third-order valence-corrected chi connectivity index (χ3v) is 3.11. The highest BCUT2D eigenvalue weighted by molar-refractivity contribution is 6.28. The molecule has 1 aliphatic rings. The Morgan fingerprint density at radius 1 is 1.65 bits per heavy atom. The van der Waals surface area contributed by atoms with Gasteiger partial charge in [-0.05, 0) is 43.0 Å². The number of piperidine rings is 1. The van der Waals surface area contributed by atoms with E-state index in [0.29, 0.717) is 11.7 Å². The summed E-state index contributed by atoms with van der Waals surface area (Å²) in [5, 5.41) is 6.09. The number of carbonyl (C=O) groups excluding carboxylic acids is 1. The number of hydrogen-bond donors (Lipinski definition) is 2. The maximum absolute atomic E-state index is 12.0. The number of halogens is 1. The molecule has 0 aromatic carbocycles. The van der Waals surface area contributed by atoms with Gasteiger partial charge < -0.3 is 10.6 Å². The van der Waals surface area contributed by atoms with Gasteiger partial charge in [0.1, 0.15) is 5.82 Å². The Bertz CT molecular complexity index is 412. The second-order valence-electron chi connectivity index (χ2n) is 4.25. The fraction of sp³-hybridized carbons (Fsp3) is 0.545. The summed E-state index contributed by atoms with van der Waals surface area (Å²) >= 11 is 5.65. The molecular formula is C11H15ClN4O. The lowest BCUT2D eigenvalue weighted by Gasteiger charge is -2.28. The van der Waals surface area contributed by atoms with Gasteiger partial charge in [0.05, 0.1) is 6.04 Å². The molecule has 1 aromatic heterocycles. The molecule has 0 saturated carbocycles. The molecule has 6 heteroatoms. The van der Waals surface area contributed by atoms with E-state index in [9.17, 15) is 4.79 Å². The molecule has 0 bridgehead atoms. The van der Waals surface area contributed by atoms with Crippen LogP contribution in [0.2, 0.25) is 5.28 Å². The molecule has 5 nitrogen and oxygen atoms in total. The van der Waals surface area contributed by atoms with Crippen LogP contribution in [0.15, 0.2) is 12.3 Å². The summed E-state index contributed by atoms with van der Waals surface area (Å²) in [7, 11) is 0. The Morgan fingerprint density at radius 2 is 2.47 bits per heavy atom. The van der Waals surface area contributed by atoms with E-state index in [1.165, 1.54) is 6.20 Å². The first kappa shape index (κ1) is 12.3. The molecule has 1 fully saturated rings. The average Bonchev–Trinajstić information content (AvgIpc) is 2.29. The first-order chi connectivity index (χ1) is 8.16. The van der Waals surface area contributed by atoms with Gasteiger partial charge in [0.25, 0.3) is 0 Å². The Labute approximate surface area is 105 Å². The minimum absolute atomic E-state index is 0.0630. The van der Waals surface area contributed by atoms with E-state index >= 15 is 0 Å². The molecule has 92 valence electrons. The number of amides is 1. The van der Waals surface area contributed by atoms with Crippen molar-refractivity contribution in [1.82, 2.24) is 15.3 Å². The standard InChI is InChI=1S/C11H15ClN4O/c1-7-3-2-5-13-9(7)10(17)15-8-4-6-14-11(12)16-8/h4,6-7,9,13H,2-3,5H2,1H3,(H,14,15,16,17). The third kappa shape index (κ3) is 3.14. The van der Waals surface area contributed by atoms with Crippen molar-refractivity contribution in [2.24, 2.45) is 5.92 Å². The van der Waals surface area contributed by atoms with Crippen LogP contribution in [0.1, 0.15) is 19.8 Å². The Morgan fingerprint density at radius 3 is 3.18 bits per heavy atom. The average molecular weight is 255 g/mol. The fourth-order valence-corrected chi connectivity index (χ4v) is 2.16. The predicted molar refractivity (Wildman–Crippen MR) is 65.9 cm³/mol. The van der Waals surface area contributed by atoms with Gasteiger partial charge in [-0.25, -0.2) is 9.97 Å². The molecule has 2 atom stereocenters. The second-order valence-corrected chi connectivity index (χ2v) is 4.59. The zero-order valence-corrected chi connectivity index (χ0v) is 10.4. The summed E-state index contributed by atoms with van der Waals surface area (Å²) in [6.45, 7) is 2.95. The zero-order valence-electron chi connectivity index (χ0n) is 9.61. The van der Waals surface area contributed by atoms with E-state index in [1.807, 2.05) is 0 Å². The summed E-state index contributed by atoms with van der Waals surface area (Å²) in [5.74, 6) is 0.711. The number of rotatable bonds is 2. The summed E-state index contributed by atoms with van der Waals surface area (Å²) in [6, 6.07) is 1.47. The Kier molecular flexibility index (Phi) is 3.91. The highest BCUT2D eigenvalue weighted by Gasteiger charge is 2.27. The van der Waals surface area contributed by atoms with Crippen LogP contribution in [0, 0.1) is 5.92 Å². The number of carbonyl (C=O) groups is 1. The highest BCUT2D eigenvalue weighted by atomic mass is 35.5. The van der Waals surface area contributed by atoms with Gasteiger partial charge in [0, 0.05) is 6.20 Å². The van der Waals surface area contributed by atoms with E-state index in [4.69, 9.17) is 11.6 Å². The van der Waals surface area contributed by atoms with Crippen molar-refractivity contribution in [3.8, 4) is 0 Å². The fourth-order valence-electron chi connectivity index (χ4n) is 2.01. The number of nitrogens with one attached hydrogen (secondary N) is 2. The smallest absolute Gasteiger partial charge is 0.242 e. The first-order valence-electron chi connectivity index (χ1n) is 5.69. The molecule has 2 rings (SSSR count). The van der Waals surface area contributed by atoms with Crippen LogP contribution in [0.4, 0.5) is 5.82 Å². The largest absolute Gasteiger partial charge is 0.309 e. The van der Waals surface area contributed by atoms with Gasteiger partial charge in [0.15, 0.2) is 0 Å². The van der Waals surface area contributed by atoms with Gasteiger partial charge in [-0.2, -0.15) is 0 Å². The van der Waals surface area contributed by atoms with Gasteiger partial charge in [0.2, 0.25) is 11.2 Å². The van der Waals surface area contributed by atoms with Crippen LogP contribution < -0.4 is 10.6 Å². The maximum atomic E-state index is 12.0. The summed E-state index contributed by atoms with van der Waals surface area (Å²) in [5.41, 5.74) is 0. The summed E-state index contributed by atoms with van der Waals surface area (Å²) in [6.07, 6.45) is 3.70. The van der Waals surface area contributed by atoms with Crippen LogP contribution >= 0.6 is 11.6 Å². The molecule has 2 unspecified atom stereocenters. The van der Waals surface area contributed by atoms with Gasteiger partial charge in [-0.3, -0.25) is 4.79 Å². The predicted octanol–water partition coefficient (Wildman–Crippen LogP) is 1.46. The molecule has 0 aliphatic carbocycles. The minimum atomic E-state index is -0.155. The van der Waals surface area contributed by atoms with Crippen LogP contribution in [-0.4, -0.2) is 28.5 Å². The van der Waals surface area contributed by atoms with Crippen molar-refractivity contribution in [3.63, 3.8) is 0 Å². The normalized spacial score (nSPS) is 24.4. The Balaban J connectivity index is 2.01. The van der Waals surface area contributed by atoms with Crippen LogP contribution in [0.3, 0.4) is 0 Å². The highest BCUT2D eigenvalue weighted by Crippen LogP contribution is 2.17. The molecular weight excluding hydrogens is 240 g/mol. The number of anilines is 1. The zero-order chi connectivity index (χ0) is 12.3. The molecule has 1 aliphatic heterocycles. The molecule has 0 spiro atoms. The van der Waals surface area contributed by atoms with Gasteiger partial charge in [-0.1, -0.05) is 6.92 Å². The van der Waals surface area contributed by atoms with Crippen molar-refractivity contribution < 1.29 is 4.79 Å². The van der Waals surface area contributed by atoms with Crippen LogP contribution in [0.25, 0.3) is 0 Å². The van der Waals surface area contributed by atoms with Crippen LogP contribution in [0.5, 0.6) is 0 Å². The van der Waals surface area contributed by atoms with Gasteiger partial charge >= 0.3 is 0 Å². The van der Waals surface area contributed by atoms with E-state index in [2.05, 4.69) is 27.5 Å². The monoisotopic (exact) mass is 254 g/mol. The molecule has 2 N–H and O–H groups in total. The molecule has 1 amide bonds. The number of nitrogens with zero attached hydrogens (tertiary/aromatic N) is 2. The first-order valence-corrected chi connectivity index (χ1v) is 6.07. The van der Waals surface area contributed by atoms with E-state index in [0.717, 1.165) is 19.4 Å². The minimum Gasteiger partial charge on any atom is -0.309 e. The van der Waals surface area contributed by atoms with Crippen molar-refractivity contribution in [1.29, 1.82) is 0 Å². The molecule has 17 heavy (non-hydrogen) atoms. The summed E-state index contributed by atoms with van der Waals surface area (Å²) < 4.78 is 0. The van der Waals surface area contributed by atoms with Crippen molar-refractivity contribution >= 4 is 23.3 Å². The van der Waals surface area contributed by atoms with Crippen molar-refractivity contribution in [3.05, 3.63) is 17.5 Å². The van der Waals surface area contributed by atoms with Crippen molar-refractivity contribution in [2.45, 2.75) is 25.8 Å². The second kappa shape index (κ2) is 5.42. The molecule has 2 heterocycles. The molecule has 1 aromatic rings.